The van der Waals surface area contributed by atoms with Gasteiger partial charge >= 0.3 is 0 Å². The summed E-state index contributed by atoms with van der Waals surface area (Å²) < 4.78 is 6.97. The van der Waals surface area contributed by atoms with E-state index in [0.29, 0.717) is 11.6 Å². The van der Waals surface area contributed by atoms with Gasteiger partial charge in [-0.3, -0.25) is 4.68 Å². The Morgan fingerprint density at radius 3 is 2.88 bits per heavy atom. The summed E-state index contributed by atoms with van der Waals surface area (Å²) in [4.78, 5) is 4.22. The number of aromatic nitrogens is 3. The molecular weight excluding hydrogens is 204 g/mol. The highest BCUT2D eigenvalue weighted by molar-refractivity contribution is 5.62. The Hall–Kier alpha value is -2.04. The first-order valence-corrected chi connectivity index (χ1v) is 4.97. The van der Waals surface area contributed by atoms with Crippen LogP contribution in [-0.2, 0) is 7.05 Å². The molecule has 0 aliphatic heterocycles. The van der Waals surface area contributed by atoms with E-state index in [-0.39, 0.29) is 0 Å². The van der Waals surface area contributed by atoms with Crippen molar-refractivity contribution >= 4 is 11.5 Å². The normalized spacial score (nSPS) is 10.2. The molecule has 0 atom stereocenters. The summed E-state index contributed by atoms with van der Waals surface area (Å²) in [6.45, 7) is 1.94. The number of methoxy groups -OCH3 is 1. The number of nitrogens with one attached hydrogen (secondary N) is 1. The Balaban J connectivity index is 2.30. The van der Waals surface area contributed by atoms with Crippen LogP contribution in [0.4, 0.5) is 11.5 Å². The molecule has 0 saturated heterocycles. The molecule has 0 unspecified atom stereocenters. The Kier molecular flexibility index (Phi) is 2.76. The van der Waals surface area contributed by atoms with E-state index in [4.69, 9.17) is 4.74 Å². The molecule has 0 spiro atoms. The lowest BCUT2D eigenvalue weighted by molar-refractivity contribution is 0.415. The van der Waals surface area contributed by atoms with E-state index in [2.05, 4.69) is 15.4 Å². The van der Waals surface area contributed by atoms with Gasteiger partial charge in [-0.25, -0.2) is 4.98 Å². The number of hydrogen-bond acceptors (Lipinski definition) is 4. The predicted octanol–water partition coefficient (Wildman–Crippen LogP) is 1.88. The second-order valence-corrected chi connectivity index (χ2v) is 3.48. The minimum atomic E-state index is 0.695. The maximum absolute atomic E-state index is 5.21. The van der Waals surface area contributed by atoms with Crippen molar-refractivity contribution in [3.8, 4) is 5.75 Å². The second-order valence-electron chi connectivity index (χ2n) is 3.48. The van der Waals surface area contributed by atoms with E-state index in [0.717, 1.165) is 11.4 Å². The topological polar surface area (TPSA) is 52.0 Å². The van der Waals surface area contributed by atoms with Crippen LogP contribution < -0.4 is 10.1 Å². The van der Waals surface area contributed by atoms with Crippen LogP contribution in [0.15, 0.2) is 24.5 Å². The zero-order chi connectivity index (χ0) is 11.5. The van der Waals surface area contributed by atoms with Crippen LogP contribution in [0.1, 0.15) is 5.69 Å². The molecule has 2 rings (SSSR count). The molecule has 2 heterocycles. The average molecular weight is 218 g/mol. The molecule has 84 valence electrons. The second kappa shape index (κ2) is 4.22. The van der Waals surface area contributed by atoms with Crippen molar-refractivity contribution < 1.29 is 4.74 Å². The molecule has 0 aliphatic rings. The lowest BCUT2D eigenvalue weighted by Crippen LogP contribution is -1.97. The molecule has 0 fully saturated rings. The van der Waals surface area contributed by atoms with Gasteiger partial charge in [0.1, 0.15) is 0 Å². The number of hydrogen-bond donors (Lipinski definition) is 1. The molecule has 5 heteroatoms. The van der Waals surface area contributed by atoms with Gasteiger partial charge in [-0.15, -0.1) is 0 Å². The standard InChI is InChI=1S/C11H14N4O/c1-8-9(7-15(2)14-8)13-11-10(16-3)5-4-6-12-11/h4-7H,1-3H3,(H,12,13). The Bertz CT molecular complexity index is 492. The number of pyridine rings is 1. The Morgan fingerprint density at radius 2 is 2.25 bits per heavy atom. The average Bonchev–Trinajstić information content (AvgIpc) is 2.58. The molecule has 2 aromatic heterocycles. The van der Waals surface area contributed by atoms with E-state index in [1.165, 1.54) is 0 Å². The molecule has 0 radical (unpaired) electrons. The van der Waals surface area contributed by atoms with Gasteiger partial charge in [0.25, 0.3) is 0 Å². The third-order valence-electron chi connectivity index (χ3n) is 2.26. The van der Waals surface area contributed by atoms with E-state index in [9.17, 15) is 0 Å². The summed E-state index contributed by atoms with van der Waals surface area (Å²) in [6, 6.07) is 3.70. The number of rotatable bonds is 3. The van der Waals surface area contributed by atoms with Crippen LogP contribution in [0.25, 0.3) is 0 Å². The predicted molar refractivity (Wildman–Crippen MR) is 62.0 cm³/mol. The molecular formula is C11H14N4O. The maximum atomic E-state index is 5.21. The first-order valence-electron chi connectivity index (χ1n) is 4.97. The summed E-state index contributed by atoms with van der Waals surface area (Å²) in [5, 5.41) is 7.44. The smallest absolute Gasteiger partial charge is 0.173 e. The van der Waals surface area contributed by atoms with E-state index in [1.807, 2.05) is 32.3 Å². The number of ether oxygens (including phenoxy) is 1. The highest BCUT2D eigenvalue weighted by Gasteiger charge is 2.07. The van der Waals surface area contributed by atoms with Gasteiger partial charge in [0, 0.05) is 19.4 Å². The van der Waals surface area contributed by atoms with Gasteiger partial charge in [0.15, 0.2) is 11.6 Å². The molecule has 0 saturated carbocycles. The van der Waals surface area contributed by atoms with Gasteiger partial charge in [0.05, 0.1) is 18.5 Å². The van der Waals surface area contributed by atoms with Crippen molar-refractivity contribution in [1.29, 1.82) is 0 Å². The lowest BCUT2D eigenvalue weighted by atomic mass is 10.3. The van der Waals surface area contributed by atoms with Crippen molar-refractivity contribution in [1.82, 2.24) is 14.8 Å². The summed E-state index contributed by atoms with van der Waals surface area (Å²) >= 11 is 0. The minimum Gasteiger partial charge on any atom is -0.493 e. The van der Waals surface area contributed by atoms with Crippen LogP contribution in [0.2, 0.25) is 0 Å². The Labute approximate surface area is 94.1 Å². The fraction of sp³-hybridized carbons (Fsp3) is 0.273. The highest BCUT2D eigenvalue weighted by Crippen LogP contribution is 2.25. The molecule has 1 N–H and O–H groups in total. The first kappa shape index (κ1) is 10.5. The van der Waals surface area contributed by atoms with Gasteiger partial charge in [-0.05, 0) is 19.1 Å². The van der Waals surface area contributed by atoms with Crippen molar-refractivity contribution in [3.05, 3.63) is 30.2 Å². The maximum Gasteiger partial charge on any atom is 0.173 e. The van der Waals surface area contributed by atoms with Crippen LogP contribution in [0, 0.1) is 6.92 Å². The Morgan fingerprint density at radius 1 is 1.44 bits per heavy atom. The monoisotopic (exact) mass is 218 g/mol. The van der Waals surface area contributed by atoms with Crippen LogP contribution >= 0.6 is 0 Å². The summed E-state index contributed by atoms with van der Waals surface area (Å²) in [6.07, 6.45) is 3.63. The van der Waals surface area contributed by atoms with Gasteiger partial charge < -0.3 is 10.1 Å². The molecule has 0 aromatic carbocycles. The number of anilines is 2. The molecule has 2 aromatic rings. The largest absolute Gasteiger partial charge is 0.493 e. The van der Waals surface area contributed by atoms with Gasteiger partial charge in [0.2, 0.25) is 0 Å². The minimum absolute atomic E-state index is 0.695. The van der Waals surface area contributed by atoms with Crippen LogP contribution in [0.5, 0.6) is 5.75 Å². The van der Waals surface area contributed by atoms with E-state index >= 15 is 0 Å². The molecule has 16 heavy (non-hydrogen) atoms. The third kappa shape index (κ3) is 1.98. The number of aryl methyl sites for hydroxylation is 2. The third-order valence-corrected chi connectivity index (χ3v) is 2.26. The molecule has 0 amide bonds. The molecule has 0 bridgehead atoms. The van der Waals surface area contributed by atoms with Gasteiger partial charge in [-0.1, -0.05) is 0 Å². The lowest BCUT2D eigenvalue weighted by Gasteiger charge is -2.08. The SMILES string of the molecule is COc1cccnc1Nc1cn(C)nc1C. The summed E-state index contributed by atoms with van der Waals surface area (Å²) in [5.41, 5.74) is 1.86. The van der Waals surface area contributed by atoms with E-state index < -0.39 is 0 Å². The zero-order valence-electron chi connectivity index (χ0n) is 9.56. The summed E-state index contributed by atoms with van der Waals surface area (Å²) in [5.74, 6) is 1.41. The van der Waals surface area contributed by atoms with Crippen molar-refractivity contribution in [2.24, 2.45) is 7.05 Å². The molecule has 5 nitrogen and oxygen atoms in total. The number of nitrogens with zero attached hydrogens (tertiary/aromatic N) is 3. The fourth-order valence-corrected chi connectivity index (χ4v) is 1.50. The van der Waals surface area contributed by atoms with Gasteiger partial charge in [-0.2, -0.15) is 5.10 Å². The highest BCUT2D eigenvalue weighted by atomic mass is 16.5. The van der Waals surface area contributed by atoms with Crippen LogP contribution in [-0.4, -0.2) is 21.9 Å². The first-order chi connectivity index (χ1) is 7.70. The van der Waals surface area contributed by atoms with Crippen molar-refractivity contribution in [3.63, 3.8) is 0 Å². The van der Waals surface area contributed by atoms with Crippen molar-refractivity contribution in [2.75, 3.05) is 12.4 Å². The van der Waals surface area contributed by atoms with Crippen LogP contribution in [0.3, 0.4) is 0 Å². The van der Waals surface area contributed by atoms with Crippen molar-refractivity contribution in [2.45, 2.75) is 6.92 Å². The zero-order valence-corrected chi connectivity index (χ0v) is 9.56. The van der Waals surface area contributed by atoms with E-state index in [1.54, 1.807) is 18.0 Å². The quantitative estimate of drug-likeness (QED) is 0.854. The molecule has 0 aliphatic carbocycles. The summed E-state index contributed by atoms with van der Waals surface area (Å²) in [7, 11) is 3.51. The fourth-order valence-electron chi connectivity index (χ4n) is 1.50.